The molecule has 1 fully saturated rings. The maximum absolute atomic E-state index is 9.95. The summed E-state index contributed by atoms with van der Waals surface area (Å²) < 4.78 is 7.21. The van der Waals surface area contributed by atoms with Crippen LogP contribution in [0.2, 0.25) is 5.02 Å². The molecule has 3 unspecified atom stereocenters. The molecule has 9 heteroatoms. The fraction of sp³-hybridized carbons (Fsp3) is 0.353. The second-order valence-electron chi connectivity index (χ2n) is 6.20. The number of nitrogens with one attached hydrogen (secondary N) is 1. The van der Waals surface area contributed by atoms with E-state index in [-0.39, 0.29) is 6.61 Å². The quantitative estimate of drug-likeness (QED) is 0.615. The zero-order chi connectivity index (χ0) is 18.1. The molecule has 0 bridgehead atoms. The Morgan fingerprint density at radius 3 is 2.92 bits per heavy atom. The first kappa shape index (κ1) is 17.2. The molecular formula is C17H18ClN5O3. The number of aliphatic hydroxyl groups excluding tert-OH is 2. The highest BCUT2D eigenvalue weighted by molar-refractivity contribution is 6.30. The summed E-state index contributed by atoms with van der Waals surface area (Å²) in [4.78, 5) is 12.9. The number of fused-ring (bicyclic) bond motifs is 1. The first-order valence-electron chi connectivity index (χ1n) is 8.23. The lowest BCUT2D eigenvalue weighted by molar-refractivity contribution is 0.0157. The van der Waals surface area contributed by atoms with Crippen molar-refractivity contribution in [2.24, 2.45) is 0 Å². The van der Waals surface area contributed by atoms with Gasteiger partial charge in [-0.25, -0.2) is 15.0 Å². The molecule has 2 aromatic heterocycles. The van der Waals surface area contributed by atoms with Crippen molar-refractivity contribution < 1.29 is 14.9 Å². The molecule has 1 aromatic carbocycles. The van der Waals surface area contributed by atoms with Crippen LogP contribution in [0.15, 0.2) is 36.9 Å². The minimum absolute atomic E-state index is 0.125. The summed E-state index contributed by atoms with van der Waals surface area (Å²) in [5.41, 5.74) is 2.29. The number of aromatic nitrogens is 4. The molecule has 1 aliphatic heterocycles. The Hall–Kier alpha value is -2.26. The van der Waals surface area contributed by atoms with Crippen LogP contribution in [-0.2, 0) is 17.8 Å². The average Bonchev–Trinajstić information content (AvgIpc) is 3.19. The molecule has 1 saturated heterocycles. The van der Waals surface area contributed by atoms with Crippen molar-refractivity contribution in [1.29, 1.82) is 0 Å². The van der Waals surface area contributed by atoms with E-state index >= 15 is 0 Å². The Labute approximate surface area is 154 Å². The number of halogens is 1. The number of ether oxygens (including phenoxy) is 1. The van der Waals surface area contributed by atoms with Crippen LogP contribution < -0.4 is 5.32 Å². The molecule has 1 aliphatic rings. The van der Waals surface area contributed by atoms with E-state index in [1.807, 2.05) is 24.3 Å². The topological polar surface area (TPSA) is 105 Å². The Morgan fingerprint density at radius 2 is 2.15 bits per heavy atom. The minimum atomic E-state index is -0.922. The predicted octanol–water partition coefficient (Wildman–Crippen LogP) is 1.21. The number of anilines is 1. The molecule has 4 rings (SSSR count). The lowest BCUT2D eigenvalue weighted by atomic mass is 10.1. The SMILES string of the molecule is OC1COC(Cn2cnc3c(NCc4cccc(Cl)c4)ncnc32)C1O. The van der Waals surface area contributed by atoms with Crippen molar-refractivity contribution in [2.75, 3.05) is 11.9 Å². The van der Waals surface area contributed by atoms with Crippen LogP contribution in [0, 0.1) is 0 Å². The molecule has 3 atom stereocenters. The molecule has 0 spiro atoms. The van der Waals surface area contributed by atoms with Gasteiger partial charge >= 0.3 is 0 Å². The molecule has 3 aromatic rings. The van der Waals surface area contributed by atoms with Crippen LogP contribution in [0.1, 0.15) is 5.56 Å². The number of hydrogen-bond acceptors (Lipinski definition) is 7. The van der Waals surface area contributed by atoms with Crippen LogP contribution in [0.3, 0.4) is 0 Å². The minimum Gasteiger partial charge on any atom is -0.388 e. The normalized spacial score (nSPS) is 22.8. The Balaban J connectivity index is 1.53. The maximum Gasteiger partial charge on any atom is 0.165 e. The largest absolute Gasteiger partial charge is 0.388 e. The Kier molecular flexibility index (Phi) is 4.73. The Bertz CT molecular complexity index is 918. The van der Waals surface area contributed by atoms with Crippen LogP contribution in [-0.4, -0.2) is 54.7 Å². The first-order valence-corrected chi connectivity index (χ1v) is 8.61. The summed E-state index contributed by atoms with van der Waals surface area (Å²) in [5.74, 6) is 0.613. The third-order valence-corrected chi connectivity index (χ3v) is 4.62. The second kappa shape index (κ2) is 7.16. The molecule has 3 N–H and O–H groups in total. The molecular weight excluding hydrogens is 358 g/mol. The van der Waals surface area contributed by atoms with Crippen LogP contribution in [0.4, 0.5) is 5.82 Å². The summed E-state index contributed by atoms with van der Waals surface area (Å²) in [6.45, 7) is 1.02. The van der Waals surface area contributed by atoms with Crippen LogP contribution in [0.5, 0.6) is 0 Å². The second-order valence-corrected chi connectivity index (χ2v) is 6.64. The van der Waals surface area contributed by atoms with Gasteiger partial charge in [-0.2, -0.15) is 0 Å². The molecule has 0 radical (unpaired) electrons. The van der Waals surface area contributed by atoms with E-state index in [4.69, 9.17) is 16.3 Å². The summed E-state index contributed by atoms with van der Waals surface area (Å²) >= 11 is 6.01. The first-order chi connectivity index (χ1) is 12.6. The van der Waals surface area contributed by atoms with Gasteiger partial charge in [0.2, 0.25) is 0 Å². The molecule has 0 amide bonds. The number of aliphatic hydroxyl groups is 2. The van der Waals surface area contributed by atoms with Gasteiger partial charge in [0.05, 0.1) is 19.5 Å². The third-order valence-electron chi connectivity index (χ3n) is 4.38. The molecule has 26 heavy (non-hydrogen) atoms. The number of nitrogens with zero attached hydrogens (tertiary/aromatic N) is 4. The number of imidazole rings is 1. The average molecular weight is 376 g/mol. The lowest BCUT2D eigenvalue weighted by Crippen LogP contribution is -2.32. The highest BCUT2D eigenvalue weighted by atomic mass is 35.5. The van der Waals surface area contributed by atoms with E-state index in [2.05, 4.69) is 20.3 Å². The van der Waals surface area contributed by atoms with E-state index in [0.717, 1.165) is 5.56 Å². The van der Waals surface area contributed by atoms with E-state index < -0.39 is 18.3 Å². The van der Waals surface area contributed by atoms with Gasteiger partial charge in [0.25, 0.3) is 0 Å². The monoisotopic (exact) mass is 375 g/mol. The standard InChI is InChI=1S/C17H18ClN5O3/c18-11-3-1-2-10(4-11)5-19-16-14-17(21-8-20-16)23(9-22-14)6-13-15(25)12(24)7-26-13/h1-4,8-9,12-13,15,24-25H,5-7H2,(H,19,20,21). The van der Waals surface area contributed by atoms with E-state index in [9.17, 15) is 10.2 Å². The molecule has 0 aliphatic carbocycles. The van der Waals surface area contributed by atoms with Crippen molar-refractivity contribution >= 4 is 28.6 Å². The molecule has 8 nitrogen and oxygen atoms in total. The summed E-state index contributed by atoms with van der Waals surface area (Å²) in [7, 11) is 0. The Morgan fingerprint density at radius 1 is 1.27 bits per heavy atom. The van der Waals surface area contributed by atoms with Crippen molar-refractivity contribution in [2.45, 2.75) is 31.4 Å². The van der Waals surface area contributed by atoms with Gasteiger partial charge in [0.15, 0.2) is 11.5 Å². The van der Waals surface area contributed by atoms with Gasteiger partial charge < -0.3 is 24.8 Å². The number of benzene rings is 1. The van der Waals surface area contributed by atoms with Crippen molar-refractivity contribution in [3.8, 4) is 0 Å². The van der Waals surface area contributed by atoms with Crippen molar-refractivity contribution in [3.05, 3.63) is 47.5 Å². The van der Waals surface area contributed by atoms with E-state index in [1.54, 1.807) is 10.9 Å². The molecule has 136 valence electrons. The fourth-order valence-corrected chi connectivity index (χ4v) is 3.21. The van der Waals surface area contributed by atoms with Gasteiger partial charge in [-0.1, -0.05) is 23.7 Å². The van der Waals surface area contributed by atoms with Gasteiger partial charge in [0.1, 0.15) is 30.2 Å². The lowest BCUT2D eigenvalue weighted by Gasteiger charge is -2.15. The van der Waals surface area contributed by atoms with Crippen LogP contribution in [0.25, 0.3) is 11.2 Å². The van der Waals surface area contributed by atoms with Gasteiger partial charge in [-0.05, 0) is 17.7 Å². The smallest absolute Gasteiger partial charge is 0.165 e. The fourth-order valence-electron chi connectivity index (χ4n) is 3.00. The number of hydrogen-bond donors (Lipinski definition) is 3. The highest BCUT2D eigenvalue weighted by Gasteiger charge is 2.35. The summed E-state index contributed by atoms with van der Waals surface area (Å²) in [5, 5.41) is 23.5. The van der Waals surface area contributed by atoms with Crippen molar-refractivity contribution in [3.63, 3.8) is 0 Å². The summed E-state index contributed by atoms with van der Waals surface area (Å²) in [6, 6.07) is 7.58. The van der Waals surface area contributed by atoms with E-state index in [1.165, 1.54) is 6.33 Å². The third kappa shape index (κ3) is 3.36. The highest BCUT2D eigenvalue weighted by Crippen LogP contribution is 2.22. The predicted molar refractivity (Wildman–Crippen MR) is 95.9 cm³/mol. The van der Waals surface area contributed by atoms with Gasteiger partial charge in [-0.3, -0.25) is 0 Å². The van der Waals surface area contributed by atoms with E-state index in [0.29, 0.717) is 35.1 Å². The zero-order valence-electron chi connectivity index (χ0n) is 13.8. The van der Waals surface area contributed by atoms with Gasteiger partial charge in [-0.15, -0.1) is 0 Å². The van der Waals surface area contributed by atoms with Crippen LogP contribution >= 0.6 is 11.6 Å². The van der Waals surface area contributed by atoms with Crippen molar-refractivity contribution in [1.82, 2.24) is 19.5 Å². The molecule has 3 heterocycles. The zero-order valence-corrected chi connectivity index (χ0v) is 14.5. The molecule has 0 saturated carbocycles. The van der Waals surface area contributed by atoms with Gasteiger partial charge in [0, 0.05) is 11.6 Å². The summed E-state index contributed by atoms with van der Waals surface area (Å²) in [6.07, 6.45) is 0.807. The maximum atomic E-state index is 9.95. The number of rotatable bonds is 5.